The third-order valence-corrected chi connectivity index (χ3v) is 10.5. The standard InChI is InChI=1S/C44H27NOS/c1-3-10-28(11-4-1)31-22-24-35-36-25-23-32(27-41(36)47-40(35)26-31)29-18-20-30(21-19-29)34-15-9-17-39-42(34)43-44(46-39)37-14-7-8-16-38(37)45(43)33-12-5-2-6-13-33/h1-27H. The minimum atomic E-state index is 0.901. The summed E-state index contributed by atoms with van der Waals surface area (Å²) in [5.41, 5.74) is 12.5. The molecule has 47 heavy (non-hydrogen) atoms. The third kappa shape index (κ3) is 4.10. The Bertz CT molecular complexity index is 2770. The molecule has 7 aromatic carbocycles. The molecule has 0 radical (unpaired) electrons. The van der Waals surface area contributed by atoms with Gasteiger partial charge < -0.3 is 8.98 Å². The van der Waals surface area contributed by atoms with Gasteiger partial charge >= 0.3 is 0 Å². The van der Waals surface area contributed by atoms with E-state index in [9.17, 15) is 0 Å². The topological polar surface area (TPSA) is 18.1 Å². The van der Waals surface area contributed by atoms with E-state index >= 15 is 0 Å². The molecule has 3 aromatic heterocycles. The van der Waals surface area contributed by atoms with Gasteiger partial charge in [0.15, 0.2) is 5.58 Å². The highest BCUT2D eigenvalue weighted by Gasteiger charge is 2.21. The molecule has 0 spiro atoms. The Morgan fingerprint density at radius 3 is 1.77 bits per heavy atom. The number of thiophene rings is 1. The first kappa shape index (κ1) is 26.3. The van der Waals surface area contributed by atoms with Gasteiger partial charge in [-0.15, -0.1) is 11.3 Å². The van der Waals surface area contributed by atoms with Crippen LogP contribution in [0, 0.1) is 0 Å². The van der Waals surface area contributed by atoms with Gasteiger partial charge in [0.1, 0.15) is 11.1 Å². The number of hydrogen-bond donors (Lipinski definition) is 0. The molecule has 0 aliphatic rings. The number of rotatable bonds is 4. The maximum Gasteiger partial charge on any atom is 0.161 e. The molecular weight excluding hydrogens is 591 g/mol. The van der Waals surface area contributed by atoms with Crippen LogP contribution in [0.2, 0.25) is 0 Å². The van der Waals surface area contributed by atoms with Crippen molar-refractivity contribution in [3.8, 4) is 39.1 Å². The van der Waals surface area contributed by atoms with Crippen molar-refractivity contribution in [3.63, 3.8) is 0 Å². The minimum Gasteiger partial charge on any atom is -0.454 e. The van der Waals surface area contributed by atoms with E-state index in [-0.39, 0.29) is 0 Å². The molecular formula is C44H27NOS. The van der Waals surface area contributed by atoms with E-state index in [1.165, 1.54) is 53.6 Å². The molecule has 220 valence electrons. The second-order valence-corrected chi connectivity index (χ2v) is 13.2. The average molecular weight is 618 g/mol. The smallest absolute Gasteiger partial charge is 0.161 e. The molecule has 10 aromatic rings. The molecule has 10 rings (SSSR count). The normalized spacial score (nSPS) is 11.8. The Labute approximate surface area is 275 Å². The van der Waals surface area contributed by atoms with Gasteiger partial charge in [0.2, 0.25) is 0 Å². The van der Waals surface area contributed by atoms with Crippen LogP contribution in [0.1, 0.15) is 0 Å². The highest BCUT2D eigenvalue weighted by molar-refractivity contribution is 7.25. The predicted molar refractivity (Wildman–Crippen MR) is 200 cm³/mol. The summed E-state index contributed by atoms with van der Waals surface area (Å²) in [6.07, 6.45) is 0. The van der Waals surface area contributed by atoms with E-state index in [4.69, 9.17) is 4.42 Å². The molecule has 0 saturated carbocycles. The molecule has 0 unspecified atom stereocenters. The zero-order valence-corrected chi connectivity index (χ0v) is 26.2. The Morgan fingerprint density at radius 1 is 0.447 bits per heavy atom. The van der Waals surface area contributed by atoms with Gasteiger partial charge in [0.25, 0.3) is 0 Å². The van der Waals surface area contributed by atoms with Crippen molar-refractivity contribution in [2.75, 3.05) is 0 Å². The number of aromatic nitrogens is 1. The fourth-order valence-corrected chi connectivity index (χ4v) is 8.39. The second-order valence-electron chi connectivity index (χ2n) is 12.1. The lowest BCUT2D eigenvalue weighted by molar-refractivity contribution is 0.673. The largest absolute Gasteiger partial charge is 0.454 e. The third-order valence-electron chi connectivity index (χ3n) is 9.43. The maximum absolute atomic E-state index is 6.60. The summed E-state index contributed by atoms with van der Waals surface area (Å²) in [4.78, 5) is 0. The molecule has 0 aliphatic carbocycles. The summed E-state index contributed by atoms with van der Waals surface area (Å²) in [5, 5.41) is 4.89. The minimum absolute atomic E-state index is 0.901. The molecule has 0 bridgehead atoms. The summed E-state index contributed by atoms with van der Waals surface area (Å²) < 4.78 is 11.6. The molecule has 3 heteroatoms. The van der Waals surface area contributed by atoms with Crippen LogP contribution < -0.4 is 0 Å². The van der Waals surface area contributed by atoms with Crippen LogP contribution in [-0.2, 0) is 0 Å². The van der Waals surface area contributed by atoms with Crippen molar-refractivity contribution in [2.45, 2.75) is 0 Å². The molecule has 0 fully saturated rings. The second kappa shape index (κ2) is 10.3. The zero-order valence-electron chi connectivity index (χ0n) is 25.4. The lowest BCUT2D eigenvalue weighted by Gasteiger charge is -2.10. The summed E-state index contributed by atoms with van der Waals surface area (Å²) >= 11 is 1.87. The van der Waals surface area contributed by atoms with Gasteiger partial charge in [-0.1, -0.05) is 121 Å². The van der Waals surface area contributed by atoms with Crippen molar-refractivity contribution in [2.24, 2.45) is 0 Å². The van der Waals surface area contributed by atoms with Crippen molar-refractivity contribution < 1.29 is 4.42 Å². The van der Waals surface area contributed by atoms with E-state index in [0.29, 0.717) is 0 Å². The van der Waals surface area contributed by atoms with Crippen LogP contribution in [0.15, 0.2) is 168 Å². The molecule has 0 saturated heterocycles. The van der Waals surface area contributed by atoms with Gasteiger partial charge in [-0.3, -0.25) is 0 Å². The lowest BCUT2D eigenvalue weighted by Crippen LogP contribution is -1.93. The van der Waals surface area contributed by atoms with Crippen molar-refractivity contribution >= 4 is 64.5 Å². The number of hydrogen-bond acceptors (Lipinski definition) is 2. The molecule has 0 amide bonds. The van der Waals surface area contributed by atoms with E-state index in [0.717, 1.165) is 38.7 Å². The van der Waals surface area contributed by atoms with Crippen LogP contribution in [0.3, 0.4) is 0 Å². The number of nitrogens with zero attached hydrogens (tertiary/aromatic N) is 1. The van der Waals surface area contributed by atoms with Crippen molar-refractivity contribution in [1.29, 1.82) is 0 Å². The number of furan rings is 1. The first-order valence-electron chi connectivity index (χ1n) is 15.9. The van der Waals surface area contributed by atoms with E-state index in [2.05, 4.69) is 168 Å². The number of para-hydroxylation sites is 2. The van der Waals surface area contributed by atoms with Crippen LogP contribution in [0.5, 0.6) is 0 Å². The van der Waals surface area contributed by atoms with Gasteiger partial charge in [0, 0.05) is 31.2 Å². The quantitative estimate of drug-likeness (QED) is 0.192. The van der Waals surface area contributed by atoms with Crippen LogP contribution >= 0.6 is 11.3 Å². The highest BCUT2D eigenvalue weighted by atomic mass is 32.1. The van der Waals surface area contributed by atoms with Crippen LogP contribution in [0.25, 0.3) is 92.2 Å². The van der Waals surface area contributed by atoms with E-state index in [1.54, 1.807) is 0 Å². The maximum atomic E-state index is 6.60. The predicted octanol–water partition coefficient (Wildman–Crippen LogP) is 12.9. The Kier molecular flexibility index (Phi) is 5.78. The Hall–Kier alpha value is -5.90. The molecule has 0 aliphatic heterocycles. The van der Waals surface area contributed by atoms with Gasteiger partial charge in [0.05, 0.1) is 10.9 Å². The highest BCUT2D eigenvalue weighted by Crippen LogP contribution is 2.43. The van der Waals surface area contributed by atoms with Gasteiger partial charge in [-0.2, -0.15) is 0 Å². The number of benzene rings is 7. The van der Waals surface area contributed by atoms with Crippen molar-refractivity contribution in [3.05, 3.63) is 164 Å². The summed E-state index contributed by atoms with van der Waals surface area (Å²) in [6.45, 7) is 0. The van der Waals surface area contributed by atoms with Gasteiger partial charge in [-0.25, -0.2) is 0 Å². The van der Waals surface area contributed by atoms with E-state index < -0.39 is 0 Å². The van der Waals surface area contributed by atoms with Crippen LogP contribution in [-0.4, -0.2) is 4.57 Å². The zero-order chi connectivity index (χ0) is 30.9. The number of fused-ring (bicyclic) bond motifs is 8. The summed E-state index contributed by atoms with van der Waals surface area (Å²) in [5.74, 6) is 0. The molecule has 0 atom stereocenters. The first-order valence-corrected chi connectivity index (χ1v) is 16.7. The van der Waals surface area contributed by atoms with Crippen molar-refractivity contribution in [1.82, 2.24) is 4.57 Å². The first-order chi connectivity index (χ1) is 23.3. The van der Waals surface area contributed by atoms with E-state index in [1.807, 2.05) is 11.3 Å². The SMILES string of the molecule is c1ccc(-c2ccc3c(c2)sc2cc(-c4ccc(-c5cccc6oc7c8ccccc8n(-c8ccccc8)c7c56)cc4)ccc23)cc1. The Morgan fingerprint density at radius 2 is 1.04 bits per heavy atom. The molecule has 0 N–H and O–H groups in total. The lowest BCUT2D eigenvalue weighted by atomic mass is 9.97. The summed E-state index contributed by atoms with van der Waals surface area (Å²) in [7, 11) is 0. The monoisotopic (exact) mass is 617 g/mol. The average Bonchev–Trinajstić information content (AvgIpc) is 3.80. The fraction of sp³-hybridized carbons (Fsp3) is 0. The Balaban J connectivity index is 1.08. The van der Waals surface area contributed by atoms with Gasteiger partial charge in [-0.05, 0) is 75.8 Å². The molecule has 3 heterocycles. The molecule has 2 nitrogen and oxygen atoms in total. The van der Waals surface area contributed by atoms with Crippen LogP contribution in [0.4, 0.5) is 0 Å². The summed E-state index contributed by atoms with van der Waals surface area (Å²) in [6, 6.07) is 58.8. The fourth-order valence-electron chi connectivity index (χ4n) is 7.20.